The van der Waals surface area contributed by atoms with E-state index in [1.54, 1.807) is 12.1 Å². The van der Waals surface area contributed by atoms with Crippen LogP contribution in [0.4, 0.5) is 4.39 Å². The quantitative estimate of drug-likeness (QED) is 0.940. The number of likely N-dealkylation sites (tertiary alicyclic amines) is 1. The summed E-state index contributed by atoms with van der Waals surface area (Å²) in [6.45, 7) is 2.97. The van der Waals surface area contributed by atoms with Gasteiger partial charge in [0.05, 0.1) is 6.10 Å². The first kappa shape index (κ1) is 15.3. The van der Waals surface area contributed by atoms with Crippen LogP contribution in [-0.4, -0.2) is 27.7 Å². The fraction of sp³-hybridized carbons (Fsp3) is 0.444. The van der Waals surface area contributed by atoms with Gasteiger partial charge < -0.3 is 9.67 Å². The van der Waals surface area contributed by atoms with Gasteiger partial charge in [0, 0.05) is 26.0 Å². The maximum atomic E-state index is 13.0. The molecule has 1 unspecified atom stereocenters. The Kier molecular flexibility index (Phi) is 4.60. The van der Waals surface area contributed by atoms with Gasteiger partial charge in [-0.3, -0.25) is 4.90 Å². The average Bonchev–Trinajstić information content (AvgIpc) is 2.93. The highest BCUT2D eigenvalue weighted by Crippen LogP contribution is 2.31. The monoisotopic (exact) mass is 302 g/mol. The van der Waals surface area contributed by atoms with Crippen molar-refractivity contribution in [2.24, 2.45) is 13.0 Å². The summed E-state index contributed by atoms with van der Waals surface area (Å²) in [7, 11) is 2.04. The molecular formula is C18H23FN2O. The van der Waals surface area contributed by atoms with E-state index < -0.39 is 6.10 Å². The van der Waals surface area contributed by atoms with Crippen LogP contribution in [0.15, 0.2) is 42.7 Å². The highest BCUT2D eigenvalue weighted by Gasteiger charge is 2.26. The number of rotatable bonds is 4. The second kappa shape index (κ2) is 6.63. The van der Waals surface area contributed by atoms with Crippen LogP contribution in [0.5, 0.6) is 0 Å². The van der Waals surface area contributed by atoms with Gasteiger partial charge in [-0.2, -0.15) is 0 Å². The first-order valence-corrected chi connectivity index (χ1v) is 7.88. The molecule has 1 atom stereocenters. The van der Waals surface area contributed by atoms with Crippen molar-refractivity contribution in [3.63, 3.8) is 0 Å². The lowest BCUT2D eigenvalue weighted by Gasteiger charge is -2.34. The average molecular weight is 302 g/mol. The zero-order chi connectivity index (χ0) is 15.5. The Bertz CT molecular complexity index is 600. The molecule has 1 fully saturated rings. The molecule has 1 aliphatic heterocycles. The molecule has 4 heteroatoms. The minimum atomic E-state index is -0.487. The summed E-state index contributed by atoms with van der Waals surface area (Å²) >= 11 is 0. The van der Waals surface area contributed by atoms with Crippen LogP contribution in [0.3, 0.4) is 0 Å². The highest BCUT2D eigenvalue weighted by molar-refractivity contribution is 5.19. The zero-order valence-electron chi connectivity index (χ0n) is 13.0. The smallest absolute Gasteiger partial charge is 0.123 e. The molecule has 3 rings (SSSR count). The van der Waals surface area contributed by atoms with E-state index in [1.807, 2.05) is 7.05 Å². The number of aliphatic hydroxyl groups is 1. The summed E-state index contributed by atoms with van der Waals surface area (Å²) < 4.78 is 15.0. The normalized spacial score (nSPS) is 18.5. The van der Waals surface area contributed by atoms with Crippen molar-refractivity contribution in [1.82, 2.24) is 9.47 Å². The van der Waals surface area contributed by atoms with Crippen LogP contribution >= 0.6 is 0 Å². The Morgan fingerprint density at radius 2 is 1.86 bits per heavy atom. The third-order valence-electron chi connectivity index (χ3n) is 4.59. The second-order valence-corrected chi connectivity index (χ2v) is 6.30. The van der Waals surface area contributed by atoms with Crippen molar-refractivity contribution in [1.29, 1.82) is 0 Å². The van der Waals surface area contributed by atoms with E-state index in [4.69, 9.17) is 0 Å². The largest absolute Gasteiger partial charge is 0.388 e. The van der Waals surface area contributed by atoms with E-state index in [2.05, 4.69) is 27.9 Å². The molecule has 0 radical (unpaired) electrons. The molecule has 1 aliphatic rings. The van der Waals surface area contributed by atoms with Crippen molar-refractivity contribution >= 4 is 0 Å². The predicted octanol–water partition coefficient (Wildman–Crippen LogP) is 3.11. The van der Waals surface area contributed by atoms with E-state index >= 15 is 0 Å². The topological polar surface area (TPSA) is 28.4 Å². The highest BCUT2D eigenvalue weighted by atomic mass is 19.1. The molecule has 0 amide bonds. The number of piperidine rings is 1. The number of nitrogens with zero attached hydrogens (tertiary/aromatic N) is 2. The van der Waals surface area contributed by atoms with Gasteiger partial charge in [-0.25, -0.2) is 4.39 Å². The molecule has 1 saturated heterocycles. The summed E-state index contributed by atoms with van der Waals surface area (Å²) in [5, 5.41) is 10.5. The maximum absolute atomic E-state index is 13.0. The Labute approximate surface area is 131 Å². The van der Waals surface area contributed by atoms with Crippen LogP contribution in [0, 0.1) is 11.7 Å². The lowest BCUT2D eigenvalue weighted by molar-refractivity contribution is 0.0567. The van der Waals surface area contributed by atoms with E-state index in [-0.39, 0.29) is 11.7 Å². The molecule has 22 heavy (non-hydrogen) atoms. The minimum absolute atomic E-state index is 0.256. The molecule has 0 spiro atoms. The van der Waals surface area contributed by atoms with E-state index in [0.29, 0.717) is 0 Å². The Hall–Kier alpha value is -1.65. The molecule has 2 heterocycles. The van der Waals surface area contributed by atoms with Crippen molar-refractivity contribution < 1.29 is 9.50 Å². The SMILES string of the molecule is Cn1ccc(CN2CCC(C(O)c3ccc(F)cc3)CC2)c1. The van der Waals surface area contributed by atoms with Crippen LogP contribution in [-0.2, 0) is 13.6 Å². The Morgan fingerprint density at radius 1 is 1.18 bits per heavy atom. The Morgan fingerprint density at radius 3 is 2.45 bits per heavy atom. The predicted molar refractivity (Wildman–Crippen MR) is 84.8 cm³/mol. The van der Waals surface area contributed by atoms with Crippen molar-refractivity contribution in [3.05, 3.63) is 59.7 Å². The fourth-order valence-electron chi connectivity index (χ4n) is 3.27. The van der Waals surface area contributed by atoms with E-state index in [1.165, 1.54) is 17.7 Å². The lowest BCUT2D eigenvalue weighted by Crippen LogP contribution is -2.35. The summed E-state index contributed by atoms with van der Waals surface area (Å²) in [6, 6.07) is 8.37. The number of aromatic nitrogens is 1. The lowest BCUT2D eigenvalue weighted by atomic mass is 9.87. The number of benzene rings is 1. The van der Waals surface area contributed by atoms with Crippen molar-refractivity contribution in [2.45, 2.75) is 25.5 Å². The second-order valence-electron chi connectivity index (χ2n) is 6.30. The van der Waals surface area contributed by atoms with Crippen LogP contribution in [0.2, 0.25) is 0 Å². The molecule has 0 bridgehead atoms. The molecule has 3 nitrogen and oxygen atoms in total. The molecular weight excluding hydrogens is 279 g/mol. The summed E-state index contributed by atoms with van der Waals surface area (Å²) in [5.74, 6) is 0.00566. The van der Waals surface area contributed by atoms with Crippen molar-refractivity contribution in [3.8, 4) is 0 Å². The number of aliphatic hydroxyl groups excluding tert-OH is 1. The summed E-state index contributed by atoms with van der Waals surface area (Å²) in [4.78, 5) is 2.43. The minimum Gasteiger partial charge on any atom is -0.388 e. The van der Waals surface area contributed by atoms with Gasteiger partial charge in [-0.1, -0.05) is 12.1 Å². The van der Waals surface area contributed by atoms with Gasteiger partial charge in [-0.15, -0.1) is 0 Å². The summed E-state index contributed by atoms with van der Waals surface area (Å²) in [5.41, 5.74) is 2.16. The standard InChI is InChI=1S/C18H23FN2O/c1-20-9-6-14(12-20)13-21-10-7-16(8-11-21)18(22)15-2-4-17(19)5-3-15/h2-6,9,12,16,18,22H,7-8,10-11,13H2,1H3. The fourth-order valence-corrected chi connectivity index (χ4v) is 3.27. The van der Waals surface area contributed by atoms with Crippen molar-refractivity contribution in [2.75, 3.05) is 13.1 Å². The van der Waals surface area contributed by atoms with Gasteiger partial charge in [-0.05, 0) is 61.2 Å². The molecule has 0 saturated carbocycles. The van der Waals surface area contributed by atoms with E-state index in [9.17, 15) is 9.50 Å². The van der Waals surface area contributed by atoms with Gasteiger partial charge in [0.2, 0.25) is 0 Å². The first-order chi connectivity index (χ1) is 10.6. The van der Waals surface area contributed by atoms with Gasteiger partial charge in [0.1, 0.15) is 5.82 Å². The molecule has 1 aromatic carbocycles. The van der Waals surface area contributed by atoms with Crippen LogP contribution in [0.1, 0.15) is 30.1 Å². The zero-order valence-corrected chi connectivity index (χ0v) is 13.0. The van der Waals surface area contributed by atoms with Gasteiger partial charge in [0.25, 0.3) is 0 Å². The van der Waals surface area contributed by atoms with E-state index in [0.717, 1.165) is 38.0 Å². The molecule has 2 aromatic rings. The molecule has 1 aromatic heterocycles. The number of aryl methyl sites for hydroxylation is 1. The third kappa shape index (κ3) is 3.57. The molecule has 118 valence electrons. The first-order valence-electron chi connectivity index (χ1n) is 7.88. The third-order valence-corrected chi connectivity index (χ3v) is 4.59. The van der Waals surface area contributed by atoms with Crippen LogP contribution in [0.25, 0.3) is 0 Å². The van der Waals surface area contributed by atoms with Gasteiger partial charge >= 0.3 is 0 Å². The molecule has 0 aliphatic carbocycles. The Balaban J connectivity index is 1.53. The number of hydrogen-bond donors (Lipinski definition) is 1. The number of hydrogen-bond acceptors (Lipinski definition) is 2. The molecule has 1 N–H and O–H groups in total. The maximum Gasteiger partial charge on any atom is 0.123 e. The summed E-state index contributed by atoms with van der Waals surface area (Å²) in [6.07, 6.45) is 5.69. The van der Waals surface area contributed by atoms with Gasteiger partial charge in [0.15, 0.2) is 0 Å². The number of halogens is 1. The van der Waals surface area contributed by atoms with Crippen LogP contribution < -0.4 is 0 Å².